The van der Waals surface area contributed by atoms with Crippen molar-refractivity contribution in [2.45, 2.75) is 25.8 Å². The first kappa shape index (κ1) is 16.3. The Morgan fingerprint density at radius 1 is 1.12 bits per heavy atom. The number of aliphatic carboxylic acids is 1. The quantitative estimate of drug-likeness (QED) is 0.885. The number of carbonyl (C=O) groups excluding carboxylic acids is 1. The van der Waals surface area contributed by atoms with Gasteiger partial charge in [0.2, 0.25) is 5.91 Å². The molecule has 1 fully saturated rings. The molecule has 24 heavy (non-hydrogen) atoms. The van der Waals surface area contributed by atoms with E-state index < -0.39 is 5.97 Å². The van der Waals surface area contributed by atoms with Gasteiger partial charge < -0.3 is 15.2 Å². The average Bonchev–Trinajstić information content (AvgIpc) is 3.09. The normalized spacial score (nSPS) is 20.0. The Labute approximate surface area is 140 Å². The Morgan fingerprint density at radius 3 is 2.54 bits per heavy atom. The van der Waals surface area contributed by atoms with Crippen LogP contribution in [0.3, 0.4) is 0 Å². The Balaban J connectivity index is 1.61. The monoisotopic (exact) mass is 327 g/mol. The van der Waals surface area contributed by atoms with E-state index in [0.29, 0.717) is 25.8 Å². The zero-order chi connectivity index (χ0) is 17.1. The summed E-state index contributed by atoms with van der Waals surface area (Å²) in [6, 6.07) is 11.9. The zero-order valence-electron chi connectivity index (χ0n) is 13.6. The molecule has 5 nitrogen and oxygen atoms in total. The number of benzene rings is 2. The van der Waals surface area contributed by atoms with Crippen molar-refractivity contribution in [2.24, 2.45) is 11.8 Å². The number of carboxylic acid groups (broad SMARTS) is 1. The Morgan fingerprint density at radius 2 is 1.83 bits per heavy atom. The van der Waals surface area contributed by atoms with Gasteiger partial charge in [-0.2, -0.15) is 0 Å². The van der Waals surface area contributed by atoms with Crippen LogP contribution in [0.1, 0.15) is 24.8 Å². The molecule has 126 valence electrons. The van der Waals surface area contributed by atoms with Gasteiger partial charge in [-0.25, -0.2) is 0 Å². The molecular formula is C19H21NO4. The predicted molar refractivity (Wildman–Crippen MR) is 90.8 cm³/mol. The summed E-state index contributed by atoms with van der Waals surface area (Å²) >= 11 is 0. The lowest BCUT2D eigenvalue weighted by Gasteiger charge is -2.11. The van der Waals surface area contributed by atoms with Crippen molar-refractivity contribution >= 4 is 22.6 Å². The maximum atomic E-state index is 12.2. The third-order valence-corrected chi connectivity index (χ3v) is 4.73. The summed E-state index contributed by atoms with van der Waals surface area (Å²) in [7, 11) is 1.64. The van der Waals surface area contributed by atoms with E-state index in [9.17, 15) is 9.59 Å². The van der Waals surface area contributed by atoms with Crippen LogP contribution in [0.25, 0.3) is 10.8 Å². The fraction of sp³-hybridized carbons (Fsp3) is 0.368. The number of carboxylic acids is 1. The van der Waals surface area contributed by atoms with Gasteiger partial charge in [0.1, 0.15) is 5.75 Å². The van der Waals surface area contributed by atoms with Crippen LogP contribution < -0.4 is 10.1 Å². The van der Waals surface area contributed by atoms with Crippen LogP contribution in [0.15, 0.2) is 36.4 Å². The van der Waals surface area contributed by atoms with E-state index in [1.165, 1.54) is 0 Å². The highest BCUT2D eigenvalue weighted by atomic mass is 16.5. The van der Waals surface area contributed by atoms with Gasteiger partial charge in [0.25, 0.3) is 0 Å². The summed E-state index contributed by atoms with van der Waals surface area (Å²) in [5.41, 5.74) is 1.02. The van der Waals surface area contributed by atoms with Crippen LogP contribution in [0.4, 0.5) is 0 Å². The van der Waals surface area contributed by atoms with Gasteiger partial charge in [0.15, 0.2) is 0 Å². The van der Waals surface area contributed by atoms with Gasteiger partial charge in [-0.1, -0.05) is 18.2 Å². The molecule has 1 saturated carbocycles. The van der Waals surface area contributed by atoms with Crippen molar-refractivity contribution in [3.63, 3.8) is 0 Å². The molecule has 2 atom stereocenters. The van der Waals surface area contributed by atoms with Crippen molar-refractivity contribution in [1.82, 2.24) is 5.32 Å². The largest absolute Gasteiger partial charge is 0.497 e. The predicted octanol–water partition coefficient (Wildman–Crippen LogP) is 2.97. The molecule has 1 aliphatic rings. The summed E-state index contributed by atoms with van der Waals surface area (Å²) in [6.45, 7) is 0.453. The Hall–Kier alpha value is -2.56. The molecule has 1 amide bonds. The summed E-state index contributed by atoms with van der Waals surface area (Å²) in [5.74, 6) is -0.589. The standard InChI is InChI=1S/C19H21NO4/c1-24-17-7-6-13-8-12(2-3-14(13)10-17)11-20-18(21)15-4-5-16(9-15)19(22)23/h2-3,6-8,10,15-16H,4-5,9,11H2,1H3,(H,20,21)(H,22,23)/t15-,16+/m1/s1. The number of ether oxygens (including phenoxy) is 1. The van der Waals surface area contributed by atoms with E-state index in [0.717, 1.165) is 22.1 Å². The third kappa shape index (κ3) is 3.50. The molecule has 3 rings (SSSR count). The topological polar surface area (TPSA) is 75.6 Å². The Kier molecular flexibility index (Phi) is 4.69. The number of fused-ring (bicyclic) bond motifs is 1. The minimum absolute atomic E-state index is 0.0476. The van der Waals surface area contributed by atoms with Gasteiger partial charge in [0, 0.05) is 12.5 Å². The molecule has 5 heteroatoms. The molecule has 0 saturated heterocycles. The average molecular weight is 327 g/mol. The van der Waals surface area contributed by atoms with E-state index >= 15 is 0 Å². The fourth-order valence-corrected chi connectivity index (χ4v) is 3.29. The lowest BCUT2D eigenvalue weighted by molar-refractivity contribution is -0.141. The van der Waals surface area contributed by atoms with E-state index in [4.69, 9.17) is 9.84 Å². The molecule has 2 N–H and O–H groups in total. The van der Waals surface area contributed by atoms with Crippen LogP contribution in [-0.4, -0.2) is 24.1 Å². The molecule has 0 spiro atoms. The molecule has 1 aliphatic carbocycles. The first-order chi connectivity index (χ1) is 11.6. The molecular weight excluding hydrogens is 306 g/mol. The number of carbonyl (C=O) groups is 2. The SMILES string of the molecule is COc1ccc2cc(CNC(=O)[C@@H]3CC[C@H](C(=O)O)C3)ccc2c1. The Bertz CT molecular complexity index is 771. The molecule has 0 unspecified atom stereocenters. The lowest BCUT2D eigenvalue weighted by atomic mass is 10.0. The number of rotatable bonds is 5. The van der Waals surface area contributed by atoms with Gasteiger partial charge in [0.05, 0.1) is 13.0 Å². The smallest absolute Gasteiger partial charge is 0.306 e. The van der Waals surface area contributed by atoms with E-state index in [1.54, 1.807) is 7.11 Å². The van der Waals surface area contributed by atoms with Gasteiger partial charge in [-0.3, -0.25) is 9.59 Å². The van der Waals surface area contributed by atoms with Gasteiger partial charge in [-0.15, -0.1) is 0 Å². The van der Waals surface area contributed by atoms with E-state index in [-0.39, 0.29) is 17.7 Å². The van der Waals surface area contributed by atoms with Crippen LogP contribution in [0.5, 0.6) is 5.75 Å². The second kappa shape index (κ2) is 6.91. The molecule has 0 aliphatic heterocycles. The lowest BCUT2D eigenvalue weighted by Crippen LogP contribution is -2.29. The zero-order valence-corrected chi connectivity index (χ0v) is 13.6. The maximum Gasteiger partial charge on any atom is 0.306 e. The maximum absolute atomic E-state index is 12.2. The highest BCUT2D eigenvalue weighted by molar-refractivity contribution is 5.85. The summed E-state index contributed by atoms with van der Waals surface area (Å²) < 4.78 is 5.22. The van der Waals surface area contributed by atoms with Crippen molar-refractivity contribution in [1.29, 1.82) is 0 Å². The van der Waals surface area contributed by atoms with E-state index in [2.05, 4.69) is 5.32 Å². The van der Waals surface area contributed by atoms with Gasteiger partial charge >= 0.3 is 5.97 Å². The second-order valence-electron chi connectivity index (χ2n) is 6.31. The van der Waals surface area contributed by atoms with Crippen molar-refractivity contribution in [2.75, 3.05) is 7.11 Å². The van der Waals surface area contributed by atoms with E-state index in [1.807, 2.05) is 36.4 Å². The van der Waals surface area contributed by atoms with Crippen LogP contribution in [0, 0.1) is 11.8 Å². The summed E-state index contributed by atoms with van der Waals surface area (Å²) in [4.78, 5) is 23.2. The minimum Gasteiger partial charge on any atom is -0.497 e. The molecule has 0 heterocycles. The molecule has 0 radical (unpaired) electrons. The number of methoxy groups -OCH3 is 1. The van der Waals surface area contributed by atoms with Gasteiger partial charge in [-0.05, 0) is 53.8 Å². The first-order valence-electron chi connectivity index (χ1n) is 8.14. The first-order valence-corrected chi connectivity index (χ1v) is 8.14. The number of amides is 1. The summed E-state index contributed by atoms with van der Waals surface area (Å²) in [6.07, 6.45) is 1.68. The summed E-state index contributed by atoms with van der Waals surface area (Å²) in [5, 5.41) is 14.1. The highest BCUT2D eigenvalue weighted by Crippen LogP contribution is 2.31. The fourth-order valence-electron chi connectivity index (χ4n) is 3.29. The number of hydrogen-bond donors (Lipinski definition) is 2. The van der Waals surface area contributed by atoms with Crippen molar-refractivity contribution in [3.05, 3.63) is 42.0 Å². The molecule has 0 aromatic heterocycles. The third-order valence-electron chi connectivity index (χ3n) is 4.73. The number of hydrogen-bond acceptors (Lipinski definition) is 3. The van der Waals surface area contributed by atoms with Crippen LogP contribution in [-0.2, 0) is 16.1 Å². The van der Waals surface area contributed by atoms with Crippen molar-refractivity contribution in [3.8, 4) is 5.75 Å². The second-order valence-corrected chi connectivity index (χ2v) is 6.31. The minimum atomic E-state index is -0.796. The highest BCUT2D eigenvalue weighted by Gasteiger charge is 2.33. The van der Waals surface area contributed by atoms with Crippen LogP contribution in [0.2, 0.25) is 0 Å². The van der Waals surface area contributed by atoms with Crippen molar-refractivity contribution < 1.29 is 19.4 Å². The molecule has 2 aromatic carbocycles. The van der Waals surface area contributed by atoms with Crippen LogP contribution >= 0.6 is 0 Å². The molecule has 2 aromatic rings. The molecule has 0 bridgehead atoms. The number of nitrogens with one attached hydrogen (secondary N) is 1.